The Morgan fingerprint density at radius 2 is 2.00 bits per heavy atom. The summed E-state index contributed by atoms with van der Waals surface area (Å²) in [6.45, 7) is 9.30. The van der Waals surface area contributed by atoms with E-state index in [0.717, 1.165) is 6.42 Å². The van der Waals surface area contributed by atoms with Crippen molar-refractivity contribution < 1.29 is 4.74 Å². The van der Waals surface area contributed by atoms with Gasteiger partial charge in [0.2, 0.25) is 0 Å². The van der Waals surface area contributed by atoms with Gasteiger partial charge in [-0.05, 0) is 0 Å². The molecule has 0 atom stereocenters. The van der Waals surface area contributed by atoms with E-state index in [9.17, 15) is 0 Å². The zero-order valence-corrected chi connectivity index (χ0v) is 12.1. The molecule has 0 aromatic heterocycles. The van der Waals surface area contributed by atoms with E-state index in [0.29, 0.717) is 6.61 Å². The fourth-order valence-electron chi connectivity index (χ4n) is 0.272. The van der Waals surface area contributed by atoms with Crippen molar-refractivity contribution in [2.45, 2.75) is 6.42 Å². The van der Waals surface area contributed by atoms with Crippen molar-refractivity contribution in [2.75, 3.05) is 6.61 Å². The molecule has 0 rings (SSSR count). The molecule has 0 saturated carbocycles. The van der Waals surface area contributed by atoms with Crippen LogP contribution in [-0.4, -0.2) is 6.61 Å². The molecular weight excluding hydrogens is 367 g/mol. The molecule has 0 aliphatic carbocycles. The first-order valence-electron chi connectivity index (χ1n) is 2.57. The zero-order valence-electron chi connectivity index (χ0n) is 5.68. The Bertz CT molecular complexity index is 61.3. The minimum atomic E-state index is 0. The second-order valence-electron chi connectivity index (χ2n) is 1.31. The summed E-state index contributed by atoms with van der Waals surface area (Å²) in [5.74, 6) is 0. The first kappa shape index (κ1) is 10.4. The van der Waals surface area contributed by atoms with Crippen LogP contribution in [0.2, 0.25) is 0 Å². The van der Waals surface area contributed by atoms with Crippen LogP contribution < -0.4 is 0 Å². The van der Waals surface area contributed by atoms with Gasteiger partial charge in [-0.25, -0.2) is 6.61 Å². The molecule has 0 aromatic rings. The van der Waals surface area contributed by atoms with E-state index in [4.69, 9.17) is 4.74 Å². The Balaban J connectivity index is 0. The molecule has 0 aliphatic rings. The quantitative estimate of drug-likeness (QED) is 0.404. The Hall–Kier alpha value is -1.56. The van der Waals surface area contributed by atoms with Crippen LogP contribution in [0.4, 0.5) is 0 Å². The van der Waals surface area contributed by atoms with Gasteiger partial charge in [0.25, 0.3) is 0 Å². The first-order valence-corrected chi connectivity index (χ1v) is 2.57. The molecule has 0 fully saturated rings. The van der Waals surface area contributed by atoms with Crippen LogP contribution >= 0.6 is 0 Å². The average Bonchev–Trinajstić information content (AvgIpc) is 1.81. The maximum absolute atomic E-state index is 4.91. The minimum Gasteiger partial charge on any atom is -0.549 e. The molecule has 0 radical (unpaired) electrons. The summed E-state index contributed by atoms with van der Waals surface area (Å²) in [6, 6.07) is 0. The van der Waals surface area contributed by atoms with E-state index in [-0.39, 0.29) is 0 Å². The molecule has 2 heteroatoms. The minimum absolute atomic E-state index is 0. The van der Waals surface area contributed by atoms with Crippen molar-refractivity contribution in [3.63, 3.8) is 0 Å². The van der Waals surface area contributed by atoms with Crippen LogP contribution in [0.25, 0.3) is 0 Å². The van der Waals surface area contributed by atoms with Crippen molar-refractivity contribution in [1.29, 1.82) is 0 Å². The molecular formula is C7H11ORf-. The van der Waals surface area contributed by atoms with Crippen LogP contribution in [0.1, 0.15) is 6.42 Å². The molecule has 0 spiro atoms. The first-order chi connectivity index (χ1) is 3.91. The predicted octanol–water partition coefficient (Wildman–Crippen LogP) is 1.93. The van der Waals surface area contributed by atoms with Crippen molar-refractivity contribution in [2.24, 2.45) is 0 Å². The summed E-state index contributed by atoms with van der Waals surface area (Å²) >= 11 is 0. The van der Waals surface area contributed by atoms with Gasteiger partial charge in [0.05, 0.1) is 0 Å². The van der Waals surface area contributed by atoms with E-state index < -0.39 is 0 Å². The van der Waals surface area contributed by atoms with Gasteiger partial charge in [-0.1, -0.05) is 6.08 Å². The molecule has 1 nitrogen and oxygen atoms in total. The molecule has 0 bridgehead atoms. The summed E-state index contributed by atoms with van der Waals surface area (Å²) in [7, 11) is 0. The Kier molecular flexibility index (Phi) is 11.2. The van der Waals surface area contributed by atoms with E-state index in [1.807, 2.05) is 0 Å². The monoisotopic (exact) mass is 378 g/mol. The topological polar surface area (TPSA) is 9.23 Å². The van der Waals surface area contributed by atoms with Gasteiger partial charge < -0.3 is 4.74 Å². The van der Waals surface area contributed by atoms with E-state index in [1.165, 1.54) is 0 Å². The molecule has 48 valence electrons. The number of ether oxygens (including phenoxy) is 1. The van der Waals surface area contributed by atoms with Crippen LogP contribution in [-0.2, 0) is 4.74 Å². The Morgan fingerprint density at radius 1 is 1.33 bits per heavy atom. The molecule has 0 amide bonds. The number of rotatable bonds is 5. The molecule has 0 saturated heterocycles. The second kappa shape index (κ2) is 9.67. The van der Waals surface area contributed by atoms with Gasteiger partial charge in [-0.2, -0.15) is 0 Å². The summed E-state index contributed by atoms with van der Waals surface area (Å²) in [4.78, 5) is 0. The van der Waals surface area contributed by atoms with Gasteiger partial charge in [0.15, 0.2) is 0 Å². The summed E-state index contributed by atoms with van der Waals surface area (Å²) < 4.78 is 4.91. The van der Waals surface area contributed by atoms with Crippen LogP contribution in [0.15, 0.2) is 25.3 Å². The van der Waals surface area contributed by atoms with E-state index in [1.54, 1.807) is 18.8 Å². The zero-order chi connectivity index (χ0) is 6.24. The van der Waals surface area contributed by atoms with Crippen molar-refractivity contribution in [1.82, 2.24) is 0 Å². The third kappa shape index (κ3) is 10.7. The Morgan fingerprint density at radius 3 is 2.44 bits per heavy atom. The molecule has 0 aliphatic heterocycles. The molecule has 9 heavy (non-hydrogen) atoms. The van der Waals surface area contributed by atoms with Gasteiger partial charge in [0.1, 0.15) is 0 Å². The van der Waals surface area contributed by atoms with Gasteiger partial charge in [0, 0.05) is 6.61 Å². The maximum atomic E-state index is 4.91. The van der Waals surface area contributed by atoms with Crippen molar-refractivity contribution in [3.05, 3.63) is 31.9 Å². The van der Waals surface area contributed by atoms with Crippen molar-refractivity contribution in [3.8, 4) is 0 Å². The Labute approximate surface area is 50.7 Å². The SMILES string of the molecule is C=CC[CH-]OCC=C.[Rf]. The van der Waals surface area contributed by atoms with Crippen LogP contribution in [0.5, 0.6) is 0 Å². The van der Waals surface area contributed by atoms with Gasteiger partial charge in [-0.15, -0.1) is 25.7 Å². The predicted molar refractivity (Wildman–Crippen MR) is 35.3 cm³/mol. The largest absolute Gasteiger partial charge is 0.549 e. The summed E-state index contributed by atoms with van der Waals surface area (Å²) in [5, 5.41) is 0. The normalized spacial score (nSPS) is 7.56. The maximum Gasteiger partial charge on any atom is 0.0300 e. The fourth-order valence-corrected chi connectivity index (χ4v) is 0.272. The van der Waals surface area contributed by atoms with E-state index >= 15 is 0 Å². The van der Waals surface area contributed by atoms with Gasteiger partial charge in [-0.3, -0.25) is 0 Å². The molecule has 0 unspecified atom stereocenters. The summed E-state index contributed by atoms with van der Waals surface area (Å²) in [6.07, 6.45) is 4.29. The number of hydrogen-bond acceptors (Lipinski definition) is 1. The molecule has 0 heterocycles. The van der Waals surface area contributed by atoms with Gasteiger partial charge >= 0.3 is 0 Å². The van der Waals surface area contributed by atoms with Crippen LogP contribution in [0.3, 0.4) is 0 Å². The number of hydrogen-bond donors (Lipinski definition) is 0. The fraction of sp³-hybridized carbons (Fsp3) is 0.286. The third-order valence-corrected chi connectivity index (χ3v) is 0.595. The van der Waals surface area contributed by atoms with Crippen molar-refractivity contribution >= 4 is 0 Å². The average molecular weight is 378 g/mol. The standard InChI is InChI=1S/C7H11O.Rf/c1-3-5-7-8-6-4-2;/h3-4,7H,1-2,5-6H2;/q-1;. The molecule has 0 N–H and O–H groups in total. The smallest absolute Gasteiger partial charge is 0.0300 e. The van der Waals surface area contributed by atoms with Crippen LogP contribution in [0, 0.1) is 6.61 Å². The second-order valence-corrected chi connectivity index (χ2v) is 1.31. The summed E-state index contributed by atoms with van der Waals surface area (Å²) in [5.41, 5.74) is 0. The van der Waals surface area contributed by atoms with E-state index in [2.05, 4.69) is 13.2 Å². The molecule has 0 aromatic carbocycles. The third-order valence-electron chi connectivity index (χ3n) is 0.595.